The number of hydrogen-bond acceptors (Lipinski definition) is 6. The van der Waals surface area contributed by atoms with Gasteiger partial charge in [-0.05, 0) is 37.5 Å². The number of rotatable bonds is 3. The first-order valence-corrected chi connectivity index (χ1v) is 8.19. The third-order valence-corrected chi connectivity index (χ3v) is 4.62. The summed E-state index contributed by atoms with van der Waals surface area (Å²) in [6.07, 6.45) is 0. The predicted molar refractivity (Wildman–Crippen MR) is 92.7 cm³/mol. The number of nitrogen functional groups attached to an aromatic ring is 1. The first-order valence-electron chi connectivity index (χ1n) is 7.21. The summed E-state index contributed by atoms with van der Waals surface area (Å²) in [6, 6.07) is 7.28. The highest BCUT2D eigenvalue weighted by Crippen LogP contribution is 2.27. The molecule has 0 aliphatic carbocycles. The Morgan fingerprint density at radius 1 is 1.17 bits per heavy atom. The standard InChI is InChI=1S/C17H17N3O2S/c1-9-4-5-13-12(7-15(21)22-16(13)11(9)3)8-23-17-19-10(2)6-14(18)20-17/h4-7H,8H2,1-3H3,(H2,18,19,20). The molecular formula is C17H17N3O2S. The van der Waals surface area contributed by atoms with E-state index in [1.165, 1.54) is 17.8 Å². The van der Waals surface area contributed by atoms with Crippen molar-refractivity contribution in [1.82, 2.24) is 9.97 Å². The lowest BCUT2D eigenvalue weighted by atomic mass is 10.0. The van der Waals surface area contributed by atoms with Gasteiger partial charge in [-0.25, -0.2) is 14.8 Å². The van der Waals surface area contributed by atoms with Crippen molar-refractivity contribution in [1.29, 1.82) is 0 Å². The quantitative estimate of drug-likeness (QED) is 0.451. The predicted octanol–water partition coefficient (Wildman–Crippen LogP) is 3.38. The van der Waals surface area contributed by atoms with E-state index in [-0.39, 0.29) is 5.63 Å². The summed E-state index contributed by atoms with van der Waals surface area (Å²) in [7, 11) is 0. The third kappa shape index (κ3) is 3.22. The normalized spacial score (nSPS) is 11.1. The van der Waals surface area contributed by atoms with Crippen molar-refractivity contribution < 1.29 is 4.42 Å². The second-order valence-electron chi connectivity index (χ2n) is 5.48. The van der Waals surface area contributed by atoms with E-state index in [0.29, 0.717) is 22.3 Å². The van der Waals surface area contributed by atoms with Crippen molar-refractivity contribution in [3.8, 4) is 0 Å². The SMILES string of the molecule is Cc1cc(N)nc(SCc2cc(=O)oc3c(C)c(C)ccc23)n1. The summed E-state index contributed by atoms with van der Waals surface area (Å²) in [4.78, 5) is 20.4. The molecule has 0 fully saturated rings. The van der Waals surface area contributed by atoms with E-state index < -0.39 is 0 Å². The summed E-state index contributed by atoms with van der Waals surface area (Å²) in [5, 5.41) is 1.55. The first kappa shape index (κ1) is 15.6. The second kappa shape index (κ2) is 6.04. The number of nitrogens with zero attached hydrogens (tertiary/aromatic N) is 2. The minimum Gasteiger partial charge on any atom is -0.422 e. The van der Waals surface area contributed by atoms with Crippen molar-refractivity contribution in [3.05, 3.63) is 57.1 Å². The average molecular weight is 327 g/mol. The zero-order chi connectivity index (χ0) is 16.6. The molecule has 0 atom stereocenters. The molecule has 0 aliphatic rings. The molecule has 0 amide bonds. The maximum Gasteiger partial charge on any atom is 0.336 e. The van der Waals surface area contributed by atoms with Gasteiger partial charge in [0.1, 0.15) is 11.4 Å². The fourth-order valence-electron chi connectivity index (χ4n) is 2.42. The van der Waals surface area contributed by atoms with E-state index in [1.807, 2.05) is 32.9 Å². The fraction of sp³-hybridized carbons (Fsp3) is 0.235. The van der Waals surface area contributed by atoms with Crippen LogP contribution in [0.3, 0.4) is 0 Å². The zero-order valence-electron chi connectivity index (χ0n) is 13.2. The second-order valence-corrected chi connectivity index (χ2v) is 6.42. The Labute approximate surface area is 137 Å². The molecule has 0 radical (unpaired) electrons. The molecule has 118 valence electrons. The molecule has 1 aromatic carbocycles. The molecule has 0 spiro atoms. The van der Waals surface area contributed by atoms with Gasteiger partial charge in [0.25, 0.3) is 0 Å². The summed E-state index contributed by atoms with van der Waals surface area (Å²) in [5.41, 5.74) is 9.88. The van der Waals surface area contributed by atoms with E-state index in [1.54, 1.807) is 6.07 Å². The molecule has 0 unspecified atom stereocenters. The Hall–Kier alpha value is -2.34. The summed E-state index contributed by atoms with van der Waals surface area (Å²) >= 11 is 1.45. The van der Waals surface area contributed by atoms with Crippen LogP contribution in [-0.2, 0) is 5.75 Å². The molecule has 3 aromatic rings. The highest BCUT2D eigenvalue weighted by molar-refractivity contribution is 7.98. The molecule has 0 aliphatic heterocycles. The Kier molecular flexibility index (Phi) is 4.09. The molecular weight excluding hydrogens is 310 g/mol. The van der Waals surface area contributed by atoms with E-state index in [4.69, 9.17) is 10.2 Å². The van der Waals surface area contributed by atoms with Gasteiger partial charge in [0.05, 0.1) is 0 Å². The molecule has 3 rings (SSSR count). The number of aromatic nitrogens is 2. The van der Waals surface area contributed by atoms with Crippen molar-refractivity contribution >= 4 is 28.5 Å². The molecule has 0 bridgehead atoms. The van der Waals surface area contributed by atoms with E-state index in [0.717, 1.165) is 27.8 Å². The fourth-order valence-corrected chi connectivity index (χ4v) is 3.32. The molecule has 6 heteroatoms. The van der Waals surface area contributed by atoms with Crippen molar-refractivity contribution in [3.63, 3.8) is 0 Å². The number of benzene rings is 1. The number of thioether (sulfide) groups is 1. The Morgan fingerprint density at radius 3 is 2.70 bits per heavy atom. The van der Waals surface area contributed by atoms with Crippen LogP contribution in [0, 0.1) is 20.8 Å². The molecule has 2 aromatic heterocycles. The lowest BCUT2D eigenvalue weighted by Crippen LogP contribution is -2.02. The van der Waals surface area contributed by atoms with Crippen LogP contribution in [0.15, 0.2) is 38.6 Å². The summed E-state index contributed by atoms with van der Waals surface area (Å²) in [5.74, 6) is 1.02. The van der Waals surface area contributed by atoms with Gasteiger partial charge in [-0.1, -0.05) is 23.9 Å². The maximum absolute atomic E-state index is 11.9. The van der Waals surface area contributed by atoms with Crippen LogP contribution in [0.4, 0.5) is 5.82 Å². The van der Waals surface area contributed by atoms with Crippen LogP contribution in [0.1, 0.15) is 22.4 Å². The highest BCUT2D eigenvalue weighted by atomic mass is 32.2. The van der Waals surface area contributed by atoms with Gasteiger partial charge in [0.2, 0.25) is 0 Å². The van der Waals surface area contributed by atoms with E-state index in [9.17, 15) is 4.79 Å². The van der Waals surface area contributed by atoms with Crippen LogP contribution in [-0.4, -0.2) is 9.97 Å². The van der Waals surface area contributed by atoms with Gasteiger partial charge in [0.15, 0.2) is 5.16 Å². The maximum atomic E-state index is 11.9. The van der Waals surface area contributed by atoms with Crippen LogP contribution in [0.25, 0.3) is 11.0 Å². The molecule has 5 nitrogen and oxygen atoms in total. The molecule has 23 heavy (non-hydrogen) atoms. The molecule has 2 N–H and O–H groups in total. The topological polar surface area (TPSA) is 82.0 Å². The zero-order valence-corrected chi connectivity index (χ0v) is 14.0. The third-order valence-electron chi connectivity index (χ3n) is 3.73. The van der Waals surface area contributed by atoms with Crippen molar-refractivity contribution in [2.45, 2.75) is 31.7 Å². The van der Waals surface area contributed by atoms with Gasteiger partial charge in [-0.15, -0.1) is 0 Å². The Balaban J connectivity index is 2.00. The van der Waals surface area contributed by atoms with Crippen LogP contribution in [0.5, 0.6) is 0 Å². The lowest BCUT2D eigenvalue weighted by Gasteiger charge is -2.09. The summed E-state index contributed by atoms with van der Waals surface area (Å²) in [6.45, 7) is 5.84. The number of fused-ring (bicyclic) bond motifs is 1. The minimum atomic E-state index is -0.341. The van der Waals surface area contributed by atoms with E-state index >= 15 is 0 Å². The van der Waals surface area contributed by atoms with E-state index in [2.05, 4.69) is 9.97 Å². The van der Waals surface area contributed by atoms with Gasteiger partial charge in [-0.2, -0.15) is 0 Å². The van der Waals surface area contributed by atoms with Gasteiger partial charge < -0.3 is 10.2 Å². The number of hydrogen-bond donors (Lipinski definition) is 1. The number of nitrogens with two attached hydrogens (primary N) is 1. The van der Waals surface area contributed by atoms with Crippen LogP contribution in [0.2, 0.25) is 0 Å². The summed E-state index contributed by atoms with van der Waals surface area (Å²) < 4.78 is 5.39. The van der Waals surface area contributed by atoms with Crippen LogP contribution < -0.4 is 11.4 Å². The monoisotopic (exact) mass is 327 g/mol. The van der Waals surface area contributed by atoms with Crippen molar-refractivity contribution in [2.75, 3.05) is 5.73 Å². The first-order chi connectivity index (χ1) is 10.9. The smallest absolute Gasteiger partial charge is 0.336 e. The number of aryl methyl sites for hydroxylation is 3. The lowest BCUT2D eigenvalue weighted by molar-refractivity contribution is 0.557. The number of anilines is 1. The minimum absolute atomic E-state index is 0.341. The van der Waals surface area contributed by atoms with Crippen LogP contribution >= 0.6 is 11.8 Å². The van der Waals surface area contributed by atoms with Crippen molar-refractivity contribution in [2.24, 2.45) is 0 Å². The highest BCUT2D eigenvalue weighted by Gasteiger charge is 2.11. The Morgan fingerprint density at radius 2 is 1.96 bits per heavy atom. The van der Waals surface area contributed by atoms with Gasteiger partial charge >= 0.3 is 5.63 Å². The molecule has 0 saturated heterocycles. The largest absolute Gasteiger partial charge is 0.422 e. The molecule has 2 heterocycles. The average Bonchev–Trinajstić information content (AvgIpc) is 2.48. The van der Waals surface area contributed by atoms with Gasteiger partial charge in [-0.3, -0.25) is 0 Å². The molecule has 0 saturated carbocycles. The Bertz CT molecular complexity index is 930. The van der Waals surface area contributed by atoms with Gasteiger partial charge in [0, 0.05) is 29.0 Å².